The summed E-state index contributed by atoms with van der Waals surface area (Å²) in [6.07, 6.45) is 3.28. The van der Waals surface area contributed by atoms with Crippen LogP contribution in [0.5, 0.6) is 5.75 Å². The maximum atomic E-state index is 13.2. The van der Waals surface area contributed by atoms with Crippen molar-refractivity contribution in [2.45, 2.75) is 33.1 Å². The van der Waals surface area contributed by atoms with Gasteiger partial charge in [0.05, 0.1) is 12.8 Å². The molecule has 0 unspecified atom stereocenters. The largest absolute Gasteiger partial charge is 0.495 e. The van der Waals surface area contributed by atoms with E-state index in [2.05, 4.69) is 17.2 Å². The molecular weight excluding hydrogens is 390 g/mol. The van der Waals surface area contributed by atoms with Gasteiger partial charge in [0.1, 0.15) is 12.3 Å². The second kappa shape index (κ2) is 8.84. The topological polar surface area (TPSA) is 74.4 Å². The average molecular weight is 420 g/mol. The second-order valence-electron chi connectivity index (χ2n) is 8.26. The van der Waals surface area contributed by atoms with Crippen molar-refractivity contribution in [1.82, 2.24) is 9.88 Å². The van der Waals surface area contributed by atoms with Crippen LogP contribution in [0.1, 0.15) is 41.9 Å². The number of nitrogens with one attached hydrogen (secondary N) is 2. The molecule has 0 aliphatic heterocycles. The van der Waals surface area contributed by atoms with Gasteiger partial charge in [-0.25, -0.2) is 0 Å². The molecule has 31 heavy (non-hydrogen) atoms. The minimum Gasteiger partial charge on any atom is -0.495 e. The molecule has 3 aromatic rings. The summed E-state index contributed by atoms with van der Waals surface area (Å²) in [4.78, 5) is 30.9. The Morgan fingerprint density at radius 2 is 2.03 bits per heavy atom. The number of anilines is 1. The molecule has 1 aliphatic rings. The Balaban J connectivity index is 1.52. The molecule has 1 aliphatic carbocycles. The highest BCUT2D eigenvalue weighted by atomic mass is 16.5. The third kappa shape index (κ3) is 4.29. The van der Waals surface area contributed by atoms with E-state index < -0.39 is 0 Å². The molecule has 0 saturated carbocycles. The van der Waals surface area contributed by atoms with Gasteiger partial charge in [-0.15, -0.1) is 0 Å². The highest BCUT2D eigenvalue weighted by Gasteiger charge is 2.22. The van der Waals surface area contributed by atoms with E-state index in [1.165, 1.54) is 17.7 Å². The molecule has 162 valence electrons. The van der Waals surface area contributed by atoms with Gasteiger partial charge >= 0.3 is 0 Å². The van der Waals surface area contributed by atoms with Crippen molar-refractivity contribution in [3.63, 3.8) is 0 Å². The maximum absolute atomic E-state index is 13.2. The maximum Gasteiger partial charge on any atom is 0.254 e. The summed E-state index contributed by atoms with van der Waals surface area (Å²) in [6.45, 7) is 4.58. The van der Waals surface area contributed by atoms with Crippen LogP contribution < -0.4 is 10.1 Å². The van der Waals surface area contributed by atoms with Gasteiger partial charge in [-0.3, -0.25) is 9.59 Å². The average Bonchev–Trinajstić information content (AvgIpc) is 3.14. The molecule has 0 radical (unpaired) electrons. The normalized spacial score (nSPS) is 15.4. The number of aryl methyl sites for hydroxylation is 1. The number of para-hydroxylation sites is 2. The van der Waals surface area contributed by atoms with E-state index in [9.17, 15) is 9.59 Å². The van der Waals surface area contributed by atoms with Gasteiger partial charge in [0, 0.05) is 28.7 Å². The van der Waals surface area contributed by atoms with Crippen molar-refractivity contribution in [3.05, 3.63) is 59.3 Å². The van der Waals surface area contributed by atoms with Gasteiger partial charge in [-0.1, -0.05) is 19.1 Å². The van der Waals surface area contributed by atoms with Crippen LogP contribution >= 0.6 is 0 Å². The summed E-state index contributed by atoms with van der Waals surface area (Å²) in [5.74, 6) is 0.839. The van der Waals surface area contributed by atoms with Crippen molar-refractivity contribution < 1.29 is 14.3 Å². The number of likely N-dealkylation sites (N-methyl/N-ethyl adjacent to an activating group) is 1. The fraction of sp³-hybridized carbons (Fsp3) is 0.360. The highest BCUT2D eigenvalue weighted by molar-refractivity contribution is 6.02. The molecular formula is C25H29N3O3. The molecule has 1 heterocycles. The summed E-state index contributed by atoms with van der Waals surface area (Å²) in [5, 5.41) is 3.97. The highest BCUT2D eigenvalue weighted by Crippen LogP contribution is 2.32. The number of fused-ring (bicyclic) bond motifs is 3. The Labute approximate surface area is 182 Å². The zero-order chi connectivity index (χ0) is 22.0. The van der Waals surface area contributed by atoms with Crippen LogP contribution in [0.3, 0.4) is 0 Å². The number of H-pyrrole nitrogens is 1. The smallest absolute Gasteiger partial charge is 0.254 e. The quantitative estimate of drug-likeness (QED) is 0.622. The van der Waals surface area contributed by atoms with Crippen molar-refractivity contribution in [1.29, 1.82) is 0 Å². The van der Waals surface area contributed by atoms with Gasteiger partial charge in [-0.2, -0.15) is 0 Å². The molecule has 2 amide bonds. The van der Waals surface area contributed by atoms with Crippen molar-refractivity contribution in [3.8, 4) is 5.75 Å². The summed E-state index contributed by atoms with van der Waals surface area (Å²) < 4.78 is 5.28. The number of rotatable bonds is 6. The molecule has 6 heteroatoms. The molecule has 0 saturated heterocycles. The van der Waals surface area contributed by atoms with Gasteiger partial charge in [0.15, 0.2) is 0 Å². The van der Waals surface area contributed by atoms with Crippen LogP contribution in [0.15, 0.2) is 42.5 Å². The first kappa shape index (κ1) is 21.0. The number of hydrogen-bond acceptors (Lipinski definition) is 3. The van der Waals surface area contributed by atoms with Crippen LogP contribution in [0.2, 0.25) is 0 Å². The molecule has 0 fully saturated rings. The zero-order valence-electron chi connectivity index (χ0n) is 18.3. The Hall–Kier alpha value is -3.28. The third-order valence-corrected chi connectivity index (χ3v) is 6.07. The van der Waals surface area contributed by atoms with E-state index in [4.69, 9.17) is 4.74 Å². The van der Waals surface area contributed by atoms with E-state index in [-0.39, 0.29) is 18.4 Å². The number of nitrogens with zero attached hydrogens (tertiary/aromatic N) is 1. The van der Waals surface area contributed by atoms with Crippen LogP contribution in [-0.4, -0.2) is 41.9 Å². The number of hydrogen-bond donors (Lipinski definition) is 2. The number of aromatic amines is 1. The molecule has 1 aromatic heterocycles. The Morgan fingerprint density at radius 1 is 1.23 bits per heavy atom. The predicted octanol–water partition coefficient (Wildman–Crippen LogP) is 4.40. The molecule has 4 rings (SSSR count). The Kier molecular flexibility index (Phi) is 5.98. The van der Waals surface area contributed by atoms with Crippen LogP contribution in [0.25, 0.3) is 10.9 Å². The monoisotopic (exact) mass is 419 g/mol. The second-order valence-corrected chi connectivity index (χ2v) is 8.26. The number of benzene rings is 2. The number of methoxy groups -OCH3 is 1. The van der Waals surface area contributed by atoms with Gasteiger partial charge < -0.3 is 19.9 Å². The van der Waals surface area contributed by atoms with Crippen LogP contribution in [-0.2, 0) is 17.6 Å². The number of amides is 2. The van der Waals surface area contributed by atoms with Gasteiger partial charge in [0.2, 0.25) is 5.91 Å². The first-order valence-electron chi connectivity index (χ1n) is 10.9. The lowest BCUT2D eigenvalue weighted by Gasteiger charge is -2.21. The van der Waals surface area contributed by atoms with E-state index in [1.54, 1.807) is 24.1 Å². The number of carbonyl (C=O) groups is 2. The number of ether oxygens (including phenoxy) is 1. The molecule has 0 bridgehead atoms. The lowest BCUT2D eigenvalue weighted by molar-refractivity contribution is -0.116. The summed E-state index contributed by atoms with van der Waals surface area (Å²) in [5.41, 5.74) is 4.90. The zero-order valence-corrected chi connectivity index (χ0v) is 18.3. The Morgan fingerprint density at radius 3 is 2.81 bits per heavy atom. The van der Waals surface area contributed by atoms with Crippen molar-refractivity contribution in [2.24, 2.45) is 5.92 Å². The van der Waals surface area contributed by atoms with Crippen molar-refractivity contribution >= 4 is 28.4 Å². The minimum absolute atomic E-state index is 0.0201. The third-order valence-electron chi connectivity index (χ3n) is 6.07. The Bertz CT molecular complexity index is 1120. The first-order valence-corrected chi connectivity index (χ1v) is 10.9. The van der Waals surface area contributed by atoms with E-state index >= 15 is 0 Å². The fourth-order valence-electron chi connectivity index (χ4n) is 4.35. The molecule has 6 nitrogen and oxygen atoms in total. The van der Waals surface area contributed by atoms with Gasteiger partial charge in [-0.05, 0) is 68.0 Å². The molecule has 2 aromatic carbocycles. The van der Waals surface area contributed by atoms with Crippen LogP contribution in [0, 0.1) is 5.92 Å². The molecule has 0 spiro atoms. The van der Waals surface area contributed by atoms with E-state index in [1.807, 2.05) is 37.3 Å². The number of carbonyl (C=O) groups excluding carboxylic acids is 2. The van der Waals surface area contributed by atoms with Crippen molar-refractivity contribution in [2.75, 3.05) is 25.5 Å². The fourth-order valence-corrected chi connectivity index (χ4v) is 4.35. The summed E-state index contributed by atoms with van der Waals surface area (Å²) in [7, 11) is 1.56. The van der Waals surface area contributed by atoms with Crippen LogP contribution in [0.4, 0.5) is 5.69 Å². The van der Waals surface area contributed by atoms with E-state index in [0.717, 1.165) is 23.7 Å². The summed E-state index contributed by atoms with van der Waals surface area (Å²) >= 11 is 0. The number of aromatic nitrogens is 1. The lowest BCUT2D eigenvalue weighted by atomic mass is 9.87. The molecule has 2 N–H and O–H groups in total. The minimum atomic E-state index is -0.256. The lowest BCUT2D eigenvalue weighted by Crippen LogP contribution is -2.37. The van der Waals surface area contributed by atoms with Gasteiger partial charge in [0.25, 0.3) is 5.91 Å². The standard InChI is InChI=1S/C25H29N3O3/c1-4-28(15-24(29)27-22-7-5-6-8-23(22)31-3)25(30)17-10-12-21-19(14-17)18-13-16(2)9-11-20(18)26-21/h5-8,10,12,14,16,26H,4,9,11,13,15H2,1-3H3,(H,27,29)/t16-/m1/s1. The molecule has 1 atom stereocenters. The van der Waals surface area contributed by atoms with E-state index in [0.29, 0.717) is 29.5 Å². The predicted molar refractivity (Wildman–Crippen MR) is 123 cm³/mol. The summed E-state index contributed by atoms with van der Waals surface area (Å²) in [6, 6.07) is 13.0. The SMILES string of the molecule is CCN(CC(=O)Nc1ccccc1OC)C(=O)c1ccc2[nH]c3c(c2c1)C[C@H](C)CC3. The first-order chi connectivity index (χ1) is 15.0.